The van der Waals surface area contributed by atoms with Gasteiger partial charge in [-0.25, -0.2) is 0 Å². The molecule has 0 unspecified atom stereocenters. The largest absolute Gasteiger partial charge is 0.378 e. The summed E-state index contributed by atoms with van der Waals surface area (Å²) in [5.41, 5.74) is 3.67. The molecule has 4 aromatic carbocycles. The maximum atomic E-state index is 7.29. The van der Waals surface area contributed by atoms with Crippen LogP contribution in [0.1, 0.15) is 203 Å². The Hall–Kier alpha value is -3.24. The zero-order valence-electron chi connectivity index (χ0n) is 39.6. The molecule has 0 aliphatic carbocycles. The van der Waals surface area contributed by atoms with Crippen LogP contribution in [0.3, 0.4) is 0 Å². The summed E-state index contributed by atoms with van der Waals surface area (Å²) in [4.78, 5) is 0. The minimum absolute atomic E-state index is 0.232. The van der Waals surface area contributed by atoms with E-state index in [1.165, 1.54) is 167 Å². The van der Waals surface area contributed by atoms with Gasteiger partial charge in [0.1, 0.15) is 11.7 Å². The average Bonchev–Trinajstić information content (AvgIpc) is 3.32. The predicted molar refractivity (Wildman–Crippen MR) is 266 cm³/mol. The van der Waals surface area contributed by atoms with Crippen LogP contribution < -0.4 is 0 Å². The van der Waals surface area contributed by atoms with Crippen molar-refractivity contribution in [2.45, 2.75) is 199 Å². The van der Waals surface area contributed by atoms with E-state index in [0.29, 0.717) is 25.7 Å². The lowest BCUT2D eigenvalue weighted by Crippen LogP contribution is -2.37. The molecule has 1 atom stereocenters. The number of benzene rings is 4. The number of hydrogen-bond acceptors (Lipinski definition) is 3. The van der Waals surface area contributed by atoms with Crippen LogP contribution in [-0.4, -0.2) is 25.9 Å². The van der Waals surface area contributed by atoms with Crippen molar-refractivity contribution in [3.8, 4) is 0 Å². The number of ether oxygens (including phenoxy) is 3. The molecule has 4 aromatic rings. The molecular formula is C59H88O3. The molecule has 342 valence electrons. The van der Waals surface area contributed by atoms with Crippen LogP contribution in [0.15, 0.2) is 121 Å². The van der Waals surface area contributed by atoms with Gasteiger partial charge in [0.05, 0.1) is 19.8 Å². The lowest BCUT2D eigenvalue weighted by molar-refractivity contribution is -0.0997. The van der Waals surface area contributed by atoms with Gasteiger partial charge in [0, 0.05) is 6.61 Å². The second kappa shape index (κ2) is 34.2. The van der Waals surface area contributed by atoms with Crippen LogP contribution in [-0.2, 0) is 26.4 Å². The van der Waals surface area contributed by atoms with Crippen molar-refractivity contribution in [2.75, 3.05) is 19.8 Å². The maximum absolute atomic E-state index is 7.29. The van der Waals surface area contributed by atoms with Crippen LogP contribution in [0.5, 0.6) is 0 Å². The Bertz CT molecular complexity index is 1430. The molecule has 0 saturated carbocycles. The normalized spacial score (nSPS) is 12.3. The van der Waals surface area contributed by atoms with Crippen molar-refractivity contribution in [2.24, 2.45) is 5.92 Å². The van der Waals surface area contributed by atoms with Crippen LogP contribution in [0.2, 0.25) is 0 Å². The molecule has 4 rings (SSSR count). The molecule has 0 aliphatic rings. The predicted octanol–water partition coefficient (Wildman–Crippen LogP) is 17.4. The molecule has 0 fully saturated rings. The van der Waals surface area contributed by atoms with E-state index in [1.54, 1.807) is 0 Å². The summed E-state index contributed by atoms with van der Waals surface area (Å²) in [7, 11) is 0. The molecule has 3 nitrogen and oxygen atoms in total. The van der Waals surface area contributed by atoms with E-state index in [4.69, 9.17) is 14.2 Å². The fourth-order valence-corrected chi connectivity index (χ4v) is 9.14. The van der Waals surface area contributed by atoms with Gasteiger partial charge in [-0.1, -0.05) is 289 Å². The quantitative estimate of drug-likeness (QED) is 0.0331. The Labute approximate surface area is 381 Å². The molecule has 0 aliphatic heterocycles. The summed E-state index contributed by atoms with van der Waals surface area (Å²) in [6.45, 7) is 6.83. The summed E-state index contributed by atoms with van der Waals surface area (Å²) in [5.74, 6) is 0.592. The third kappa shape index (κ3) is 21.0. The highest BCUT2D eigenvalue weighted by Crippen LogP contribution is 2.40. The van der Waals surface area contributed by atoms with E-state index in [0.717, 1.165) is 28.9 Å². The number of rotatable bonds is 39. The first-order valence-electron chi connectivity index (χ1n) is 25.8. The SMILES string of the molecule is CCCCCCCCCCCCCCC(CCCCCCCCCCCCCC)COC[C@H](COC(c1ccccc1)(c1ccccc1)c1ccccc1)OCc1ccccc1. The van der Waals surface area contributed by atoms with E-state index >= 15 is 0 Å². The molecule has 0 radical (unpaired) electrons. The zero-order valence-corrected chi connectivity index (χ0v) is 39.6. The summed E-state index contributed by atoms with van der Waals surface area (Å²) in [6.07, 6.45) is 35.7. The van der Waals surface area contributed by atoms with Crippen LogP contribution >= 0.6 is 0 Å². The Balaban J connectivity index is 1.35. The molecule has 0 bridgehead atoms. The summed E-state index contributed by atoms with van der Waals surface area (Å²) < 4.78 is 20.7. The molecule has 0 spiro atoms. The highest BCUT2D eigenvalue weighted by Gasteiger charge is 2.38. The topological polar surface area (TPSA) is 27.7 Å². The van der Waals surface area contributed by atoms with Crippen molar-refractivity contribution >= 4 is 0 Å². The van der Waals surface area contributed by atoms with Crippen molar-refractivity contribution in [1.82, 2.24) is 0 Å². The van der Waals surface area contributed by atoms with Gasteiger partial charge in [-0.3, -0.25) is 0 Å². The minimum atomic E-state index is -0.802. The first kappa shape index (κ1) is 51.4. The van der Waals surface area contributed by atoms with E-state index in [2.05, 4.69) is 135 Å². The fraction of sp³-hybridized carbons (Fsp3) is 0.593. The van der Waals surface area contributed by atoms with Crippen molar-refractivity contribution in [3.05, 3.63) is 144 Å². The monoisotopic (exact) mass is 845 g/mol. The molecule has 0 aromatic heterocycles. The second-order valence-corrected chi connectivity index (χ2v) is 18.3. The Morgan fingerprint density at radius 2 is 0.710 bits per heavy atom. The van der Waals surface area contributed by atoms with Crippen molar-refractivity contribution in [3.63, 3.8) is 0 Å². The average molecular weight is 845 g/mol. The van der Waals surface area contributed by atoms with Gasteiger partial charge in [0.15, 0.2) is 0 Å². The van der Waals surface area contributed by atoms with Gasteiger partial charge in [-0.15, -0.1) is 0 Å². The smallest absolute Gasteiger partial charge is 0.143 e. The van der Waals surface area contributed by atoms with Crippen LogP contribution in [0, 0.1) is 5.92 Å². The molecule has 0 amide bonds. The van der Waals surface area contributed by atoms with Gasteiger partial charge >= 0.3 is 0 Å². The van der Waals surface area contributed by atoms with Gasteiger partial charge < -0.3 is 14.2 Å². The molecule has 3 heteroatoms. The van der Waals surface area contributed by atoms with Crippen molar-refractivity contribution in [1.29, 1.82) is 0 Å². The van der Waals surface area contributed by atoms with Gasteiger partial charge in [-0.05, 0) is 41.0 Å². The van der Waals surface area contributed by atoms with E-state index in [9.17, 15) is 0 Å². The third-order valence-corrected chi connectivity index (χ3v) is 12.9. The van der Waals surface area contributed by atoms with Crippen molar-refractivity contribution < 1.29 is 14.2 Å². The summed E-state index contributed by atoms with van der Waals surface area (Å²) >= 11 is 0. The highest BCUT2D eigenvalue weighted by molar-refractivity contribution is 5.47. The van der Waals surface area contributed by atoms with Gasteiger partial charge in [-0.2, -0.15) is 0 Å². The Morgan fingerprint density at radius 3 is 1.08 bits per heavy atom. The van der Waals surface area contributed by atoms with Gasteiger partial charge in [0.2, 0.25) is 0 Å². The minimum Gasteiger partial charge on any atom is -0.378 e. The van der Waals surface area contributed by atoms with E-state index in [1.807, 2.05) is 0 Å². The van der Waals surface area contributed by atoms with Gasteiger partial charge in [0.25, 0.3) is 0 Å². The third-order valence-electron chi connectivity index (χ3n) is 12.9. The van der Waals surface area contributed by atoms with E-state index < -0.39 is 5.60 Å². The molecule has 62 heavy (non-hydrogen) atoms. The molecule has 0 heterocycles. The Kier molecular flexibility index (Phi) is 28.4. The zero-order chi connectivity index (χ0) is 43.4. The number of unbranched alkanes of at least 4 members (excludes halogenated alkanes) is 22. The number of hydrogen-bond donors (Lipinski definition) is 0. The molecule has 0 N–H and O–H groups in total. The summed E-state index contributed by atoms with van der Waals surface area (Å²) in [5, 5.41) is 0. The maximum Gasteiger partial charge on any atom is 0.143 e. The lowest BCUT2D eigenvalue weighted by atomic mass is 9.80. The van der Waals surface area contributed by atoms with Crippen LogP contribution in [0.4, 0.5) is 0 Å². The molecular weight excluding hydrogens is 757 g/mol. The Morgan fingerprint density at radius 1 is 0.371 bits per heavy atom. The molecule has 0 saturated heterocycles. The first-order chi connectivity index (χ1) is 30.8. The fourth-order valence-electron chi connectivity index (χ4n) is 9.14. The van der Waals surface area contributed by atoms with Crippen LogP contribution in [0.25, 0.3) is 0 Å². The lowest BCUT2D eigenvalue weighted by Gasteiger charge is -2.37. The highest BCUT2D eigenvalue weighted by atomic mass is 16.6. The summed E-state index contributed by atoms with van der Waals surface area (Å²) in [6, 6.07) is 42.5. The van der Waals surface area contributed by atoms with E-state index in [-0.39, 0.29) is 6.10 Å². The first-order valence-corrected chi connectivity index (χ1v) is 25.8. The second-order valence-electron chi connectivity index (χ2n) is 18.3. The standard InChI is InChI=1S/C59H88O3/c1-3-5-7-9-11-13-15-17-19-21-23-29-39-53(40-30-24-22-20-18-16-14-12-10-8-6-4-2)49-60-51-58(61-50-54-41-31-25-32-42-54)52-62-59(55-43-33-26-34-44-55,56-45-35-27-36-46-56)57-47-37-28-38-48-57/h25-28,31-38,41-48,53,58H,3-24,29-30,39-40,49-52H2,1-2H3/t58-/m1/s1.